The van der Waals surface area contributed by atoms with Gasteiger partial charge < -0.3 is 10.0 Å². The number of nitro benzene ring substituents is 1. The van der Waals surface area contributed by atoms with Gasteiger partial charge in [-0.05, 0) is 11.6 Å². The Morgan fingerprint density at radius 2 is 2.15 bits per heavy atom. The molecule has 1 amide bonds. The van der Waals surface area contributed by atoms with Gasteiger partial charge in [-0.1, -0.05) is 11.8 Å². The average molecular weight is 276 g/mol. The Hall–Kier alpha value is -2.39. The standard InChI is InChI=1S/C14H16N2O4/c1-15(2)14(18)6-4-3-5-11-7-8-13(16(19)20)9-12(11)10-17/h7-9,17H,4,6,10H2,1-2H3. The highest BCUT2D eigenvalue weighted by Crippen LogP contribution is 2.17. The van der Waals surface area contributed by atoms with Gasteiger partial charge in [0.25, 0.3) is 5.69 Å². The van der Waals surface area contributed by atoms with E-state index >= 15 is 0 Å². The van der Waals surface area contributed by atoms with Crippen molar-refractivity contribution in [3.8, 4) is 11.8 Å². The van der Waals surface area contributed by atoms with Gasteiger partial charge in [-0.25, -0.2) is 0 Å². The van der Waals surface area contributed by atoms with Crippen molar-refractivity contribution in [2.24, 2.45) is 0 Å². The van der Waals surface area contributed by atoms with Gasteiger partial charge >= 0.3 is 0 Å². The summed E-state index contributed by atoms with van der Waals surface area (Å²) in [5.41, 5.74) is 0.864. The summed E-state index contributed by atoms with van der Waals surface area (Å²) in [6.45, 7) is -0.317. The first-order valence-electron chi connectivity index (χ1n) is 6.03. The van der Waals surface area contributed by atoms with E-state index in [1.165, 1.54) is 23.1 Å². The molecule has 1 N–H and O–H groups in total. The predicted molar refractivity (Wildman–Crippen MR) is 73.8 cm³/mol. The second-order valence-electron chi connectivity index (χ2n) is 4.35. The van der Waals surface area contributed by atoms with Crippen molar-refractivity contribution >= 4 is 11.6 Å². The lowest BCUT2D eigenvalue weighted by molar-refractivity contribution is -0.384. The molecule has 0 bridgehead atoms. The third kappa shape index (κ3) is 4.37. The van der Waals surface area contributed by atoms with Crippen LogP contribution in [0.1, 0.15) is 24.0 Å². The molecule has 0 aliphatic heterocycles. The highest BCUT2D eigenvalue weighted by atomic mass is 16.6. The molecule has 0 heterocycles. The number of nitrogens with zero attached hydrogens (tertiary/aromatic N) is 2. The van der Waals surface area contributed by atoms with Crippen molar-refractivity contribution < 1.29 is 14.8 Å². The molecule has 106 valence electrons. The highest BCUT2D eigenvalue weighted by molar-refractivity contribution is 5.75. The third-order valence-corrected chi connectivity index (χ3v) is 2.66. The first-order chi connectivity index (χ1) is 9.45. The largest absolute Gasteiger partial charge is 0.392 e. The van der Waals surface area contributed by atoms with Crippen molar-refractivity contribution in [1.82, 2.24) is 4.90 Å². The summed E-state index contributed by atoms with van der Waals surface area (Å²) >= 11 is 0. The molecule has 6 heteroatoms. The number of hydrogen-bond donors (Lipinski definition) is 1. The van der Waals surface area contributed by atoms with Gasteiger partial charge in [-0.3, -0.25) is 14.9 Å². The van der Waals surface area contributed by atoms with Crippen molar-refractivity contribution in [2.45, 2.75) is 19.4 Å². The maximum absolute atomic E-state index is 11.3. The SMILES string of the molecule is CN(C)C(=O)CCC#Cc1ccc([N+](=O)[O-])cc1CO. The highest BCUT2D eigenvalue weighted by Gasteiger charge is 2.08. The van der Waals surface area contributed by atoms with E-state index < -0.39 is 4.92 Å². The van der Waals surface area contributed by atoms with Crippen LogP contribution in [0.5, 0.6) is 0 Å². The Bertz CT molecular complexity index is 570. The molecule has 0 aromatic heterocycles. The summed E-state index contributed by atoms with van der Waals surface area (Å²) in [6, 6.07) is 4.15. The van der Waals surface area contributed by atoms with Crippen molar-refractivity contribution in [3.05, 3.63) is 39.4 Å². The first kappa shape index (κ1) is 15.7. The molecule has 1 aromatic carbocycles. The second kappa shape index (κ2) is 7.26. The van der Waals surface area contributed by atoms with Crippen LogP contribution in [0.15, 0.2) is 18.2 Å². The van der Waals surface area contributed by atoms with Crippen LogP contribution in [0, 0.1) is 22.0 Å². The number of aliphatic hydroxyl groups excluding tert-OH is 1. The van der Waals surface area contributed by atoms with Gasteiger partial charge in [-0.2, -0.15) is 0 Å². The molecule has 0 fully saturated rings. The third-order valence-electron chi connectivity index (χ3n) is 2.66. The fourth-order valence-electron chi connectivity index (χ4n) is 1.50. The predicted octanol–water partition coefficient (Wildman–Crippen LogP) is 1.31. The lowest BCUT2D eigenvalue weighted by Gasteiger charge is -2.07. The molecule has 20 heavy (non-hydrogen) atoms. The molecule has 6 nitrogen and oxygen atoms in total. The number of rotatable bonds is 4. The number of hydrogen-bond acceptors (Lipinski definition) is 4. The molecule has 0 unspecified atom stereocenters. The van der Waals surface area contributed by atoms with Gasteiger partial charge in [0.05, 0.1) is 11.5 Å². The number of nitro groups is 1. The van der Waals surface area contributed by atoms with E-state index in [9.17, 15) is 20.0 Å². The minimum Gasteiger partial charge on any atom is -0.392 e. The number of carbonyl (C=O) groups is 1. The van der Waals surface area contributed by atoms with Crippen LogP contribution in [0.3, 0.4) is 0 Å². The molecule has 0 atom stereocenters. The van der Waals surface area contributed by atoms with E-state index in [1.807, 2.05) is 0 Å². The number of benzene rings is 1. The minimum atomic E-state index is -0.522. The quantitative estimate of drug-likeness (QED) is 0.510. The molecule has 1 aromatic rings. The number of carbonyl (C=O) groups excluding carboxylic acids is 1. The molecular formula is C14H16N2O4. The summed E-state index contributed by atoms with van der Waals surface area (Å²) in [7, 11) is 3.35. The van der Waals surface area contributed by atoms with Gasteiger partial charge in [0.1, 0.15) is 0 Å². The summed E-state index contributed by atoms with van der Waals surface area (Å²) in [5, 5.41) is 19.8. The number of aliphatic hydroxyl groups is 1. The van der Waals surface area contributed by atoms with Crippen molar-refractivity contribution in [3.63, 3.8) is 0 Å². The molecule has 0 spiro atoms. The molecule has 0 aliphatic rings. The number of amides is 1. The summed E-state index contributed by atoms with van der Waals surface area (Å²) in [6.07, 6.45) is 0.723. The maximum Gasteiger partial charge on any atom is 0.269 e. The smallest absolute Gasteiger partial charge is 0.269 e. The monoisotopic (exact) mass is 276 g/mol. The van der Waals surface area contributed by atoms with Gasteiger partial charge in [-0.15, -0.1) is 0 Å². The molecule has 1 rings (SSSR count). The van der Waals surface area contributed by atoms with E-state index in [0.717, 1.165) is 0 Å². The maximum atomic E-state index is 11.3. The first-order valence-corrected chi connectivity index (χ1v) is 6.03. The minimum absolute atomic E-state index is 0.00891. The summed E-state index contributed by atoms with van der Waals surface area (Å²) < 4.78 is 0. The lowest BCUT2D eigenvalue weighted by atomic mass is 10.1. The van der Waals surface area contributed by atoms with Gasteiger partial charge in [0.2, 0.25) is 5.91 Å². The van der Waals surface area contributed by atoms with Crippen LogP contribution < -0.4 is 0 Å². The van der Waals surface area contributed by atoms with E-state index in [2.05, 4.69) is 11.8 Å². The zero-order valence-electron chi connectivity index (χ0n) is 11.4. The van der Waals surface area contributed by atoms with Crippen LogP contribution in [-0.4, -0.2) is 34.9 Å². The van der Waals surface area contributed by atoms with E-state index in [-0.39, 0.29) is 18.2 Å². The Morgan fingerprint density at radius 3 is 2.70 bits per heavy atom. The summed E-state index contributed by atoms with van der Waals surface area (Å²) in [5.74, 6) is 5.64. The topological polar surface area (TPSA) is 83.7 Å². The Balaban J connectivity index is 2.78. The van der Waals surface area contributed by atoms with E-state index in [4.69, 9.17) is 0 Å². The fourth-order valence-corrected chi connectivity index (χ4v) is 1.50. The lowest BCUT2D eigenvalue weighted by Crippen LogP contribution is -2.20. The van der Waals surface area contributed by atoms with Crippen LogP contribution >= 0.6 is 0 Å². The number of non-ortho nitro benzene ring substituents is 1. The zero-order chi connectivity index (χ0) is 15.1. The van der Waals surface area contributed by atoms with Crippen molar-refractivity contribution in [2.75, 3.05) is 14.1 Å². The van der Waals surface area contributed by atoms with Crippen LogP contribution in [0.2, 0.25) is 0 Å². The van der Waals surface area contributed by atoms with E-state index in [1.54, 1.807) is 14.1 Å². The van der Waals surface area contributed by atoms with Crippen LogP contribution in [-0.2, 0) is 11.4 Å². The summed E-state index contributed by atoms with van der Waals surface area (Å²) in [4.78, 5) is 22.9. The molecule has 0 saturated heterocycles. The normalized spacial score (nSPS) is 9.55. The van der Waals surface area contributed by atoms with E-state index in [0.29, 0.717) is 24.0 Å². The Morgan fingerprint density at radius 1 is 1.45 bits per heavy atom. The van der Waals surface area contributed by atoms with Crippen molar-refractivity contribution in [1.29, 1.82) is 0 Å². The Labute approximate surface area is 117 Å². The molecule has 0 radical (unpaired) electrons. The van der Waals surface area contributed by atoms with Gasteiger partial charge in [0, 0.05) is 44.6 Å². The van der Waals surface area contributed by atoms with Crippen LogP contribution in [0.4, 0.5) is 5.69 Å². The molecule has 0 aliphatic carbocycles. The molecular weight excluding hydrogens is 260 g/mol. The van der Waals surface area contributed by atoms with Gasteiger partial charge in [0.15, 0.2) is 0 Å². The Kier molecular flexibility index (Phi) is 5.69. The second-order valence-corrected chi connectivity index (χ2v) is 4.35. The fraction of sp³-hybridized carbons (Fsp3) is 0.357. The average Bonchev–Trinajstić information content (AvgIpc) is 2.42. The zero-order valence-corrected chi connectivity index (χ0v) is 11.4. The molecule has 0 saturated carbocycles. The van der Waals surface area contributed by atoms with Crippen LogP contribution in [0.25, 0.3) is 0 Å².